The van der Waals surface area contributed by atoms with Crippen LogP contribution in [-0.2, 0) is 4.79 Å². The molecular weight excluding hydrogens is 286 g/mol. The van der Waals surface area contributed by atoms with Gasteiger partial charge in [0.2, 0.25) is 0 Å². The lowest BCUT2D eigenvalue weighted by Crippen LogP contribution is -2.27. The number of nitrogens with zero attached hydrogens (tertiary/aromatic N) is 1. The van der Waals surface area contributed by atoms with Gasteiger partial charge in [-0.25, -0.2) is 0 Å². The molecule has 0 atom stereocenters. The van der Waals surface area contributed by atoms with Crippen molar-refractivity contribution in [3.63, 3.8) is 0 Å². The Hall–Kier alpha value is -1.65. The summed E-state index contributed by atoms with van der Waals surface area (Å²) in [5.74, 6) is -0.0410. The fourth-order valence-corrected chi connectivity index (χ4v) is 3.17. The van der Waals surface area contributed by atoms with Crippen LogP contribution in [0.25, 0.3) is 6.08 Å². The molecule has 0 unspecified atom stereocenters. The second-order valence-corrected chi connectivity index (χ2v) is 6.06. The number of benzene rings is 1. The zero-order valence-electron chi connectivity index (χ0n) is 11.2. The molecule has 1 amide bonds. The Bertz CT molecular complexity index is 602. The molecule has 1 aromatic rings. The standard InChI is InChI=1S/C16H15NOS2/c1-3-9-17-15(18)14(20-16(17)19)11-12(2)10-13-7-5-4-6-8-13/h3-8,10-11H,1,9H2,2H3/b12-10-,14-11-. The molecule has 1 aliphatic heterocycles. The van der Waals surface area contributed by atoms with Gasteiger partial charge in [0, 0.05) is 6.54 Å². The molecule has 2 rings (SSSR count). The highest BCUT2D eigenvalue weighted by Gasteiger charge is 2.30. The van der Waals surface area contributed by atoms with E-state index in [-0.39, 0.29) is 5.91 Å². The van der Waals surface area contributed by atoms with Crippen LogP contribution in [0.3, 0.4) is 0 Å². The molecule has 1 aliphatic rings. The molecule has 4 heteroatoms. The molecule has 0 saturated carbocycles. The molecule has 2 nitrogen and oxygen atoms in total. The number of carbonyl (C=O) groups excluding carboxylic acids is 1. The van der Waals surface area contributed by atoms with Gasteiger partial charge in [0.25, 0.3) is 5.91 Å². The molecule has 0 aromatic heterocycles. The van der Waals surface area contributed by atoms with Crippen LogP contribution in [0.1, 0.15) is 12.5 Å². The molecule has 0 N–H and O–H groups in total. The topological polar surface area (TPSA) is 20.3 Å². The predicted molar refractivity (Wildman–Crippen MR) is 90.3 cm³/mol. The second-order valence-electron chi connectivity index (χ2n) is 4.38. The van der Waals surface area contributed by atoms with Gasteiger partial charge >= 0.3 is 0 Å². The van der Waals surface area contributed by atoms with Crippen LogP contribution in [0.2, 0.25) is 0 Å². The summed E-state index contributed by atoms with van der Waals surface area (Å²) in [5.41, 5.74) is 2.14. The summed E-state index contributed by atoms with van der Waals surface area (Å²) in [5, 5.41) is 0. The molecule has 0 aliphatic carbocycles. The Morgan fingerprint density at radius 3 is 2.75 bits per heavy atom. The monoisotopic (exact) mass is 301 g/mol. The van der Waals surface area contributed by atoms with Gasteiger partial charge in [0.15, 0.2) is 0 Å². The SMILES string of the molecule is C=CCN1C(=O)/C(=C/C(C)=C\c2ccccc2)SC1=S. The summed E-state index contributed by atoms with van der Waals surface area (Å²) in [6.45, 7) is 6.08. The highest BCUT2D eigenvalue weighted by atomic mass is 32.2. The third-order valence-electron chi connectivity index (χ3n) is 2.74. The van der Waals surface area contributed by atoms with Crippen LogP contribution in [0, 0.1) is 0 Å². The van der Waals surface area contributed by atoms with E-state index in [0.29, 0.717) is 15.8 Å². The van der Waals surface area contributed by atoms with Crippen molar-refractivity contribution in [3.8, 4) is 0 Å². The largest absolute Gasteiger partial charge is 0.289 e. The maximum Gasteiger partial charge on any atom is 0.266 e. The first-order valence-corrected chi connectivity index (χ1v) is 7.44. The van der Waals surface area contributed by atoms with Gasteiger partial charge in [-0.15, -0.1) is 6.58 Å². The highest BCUT2D eigenvalue weighted by molar-refractivity contribution is 8.26. The van der Waals surface area contributed by atoms with Crippen molar-refractivity contribution in [2.24, 2.45) is 0 Å². The van der Waals surface area contributed by atoms with E-state index in [1.165, 1.54) is 11.8 Å². The average molecular weight is 301 g/mol. The van der Waals surface area contributed by atoms with Gasteiger partial charge < -0.3 is 0 Å². The Balaban J connectivity index is 2.19. The summed E-state index contributed by atoms with van der Waals surface area (Å²) < 4.78 is 0.591. The summed E-state index contributed by atoms with van der Waals surface area (Å²) in [6.07, 6.45) is 5.61. The Labute approximate surface area is 128 Å². The summed E-state index contributed by atoms with van der Waals surface area (Å²) in [4.78, 5) is 14.4. The number of hydrogen-bond acceptors (Lipinski definition) is 3. The quantitative estimate of drug-likeness (QED) is 0.476. The minimum absolute atomic E-state index is 0.0410. The first kappa shape index (κ1) is 14.8. The van der Waals surface area contributed by atoms with Gasteiger partial charge in [0.05, 0.1) is 4.91 Å². The van der Waals surface area contributed by atoms with Crippen LogP contribution in [-0.4, -0.2) is 21.7 Å². The third kappa shape index (κ3) is 3.46. The molecule has 0 radical (unpaired) electrons. The number of amides is 1. The molecule has 1 aromatic carbocycles. The molecule has 102 valence electrons. The average Bonchev–Trinajstić information content (AvgIpc) is 2.68. The normalized spacial score (nSPS) is 17.9. The van der Waals surface area contributed by atoms with E-state index in [0.717, 1.165) is 11.1 Å². The maximum absolute atomic E-state index is 12.2. The maximum atomic E-state index is 12.2. The van der Waals surface area contributed by atoms with Gasteiger partial charge in [-0.1, -0.05) is 66.5 Å². The first-order valence-electron chi connectivity index (χ1n) is 6.21. The van der Waals surface area contributed by atoms with Gasteiger partial charge in [-0.2, -0.15) is 0 Å². The van der Waals surface area contributed by atoms with Crippen molar-refractivity contribution < 1.29 is 4.79 Å². The summed E-state index contributed by atoms with van der Waals surface area (Å²) in [7, 11) is 0. The Kier molecular flexibility index (Phi) is 4.93. The van der Waals surface area contributed by atoms with Gasteiger partial charge in [-0.05, 0) is 24.1 Å². The lowest BCUT2D eigenvalue weighted by atomic mass is 10.1. The Morgan fingerprint density at radius 1 is 1.40 bits per heavy atom. The van der Waals surface area contributed by atoms with Crippen LogP contribution in [0.5, 0.6) is 0 Å². The highest BCUT2D eigenvalue weighted by Crippen LogP contribution is 2.31. The van der Waals surface area contributed by atoms with E-state index < -0.39 is 0 Å². The van der Waals surface area contributed by atoms with Crippen LogP contribution in [0.4, 0.5) is 0 Å². The van der Waals surface area contributed by atoms with Crippen molar-refractivity contribution in [1.29, 1.82) is 0 Å². The molecule has 1 fully saturated rings. The molecule has 1 saturated heterocycles. The minimum Gasteiger partial charge on any atom is -0.289 e. The lowest BCUT2D eigenvalue weighted by Gasteiger charge is -2.10. The zero-order chi connectivity index (χ0) is 14.5. The summed E-state index contributed by atoms with van der Waals surface area (Å²) in [6, 6.07) is 10.0. The van der Waals surface area contributed by atoms with Crippen molar-refractivity contribution in [1.82, 2.24) is 4.90 Å². The van der Waals surface area contributed by atoms with Crippen LogP contribution >= 0.6 is 24.0 Å². The number of hydrogen-bond donors (Lipinski definition) is 0. The van der Waals surface area contributed by atoms with Crippen molar-refractivity contribution in [3.05, 3.63) is 65.1 Å². The first-order chi connectivity index (χ1) is 9.61. The number of thioether (sulfide) groups is 1. The zero-order valence-corrected chi connectivity index (χ0v) is 12.8. The smallest absolute Gasteiger partial charge is 0.266 e. The van der Waals surface area contributed by atoms with Crippen molar-refractivity contribution >= 4 is 40.3 Å². The lowest BCUT2D eigenvalue weighted by molar-refractivity contribution is -0.121. The number of allylic oxidation sites excluding steroid dienone is 2. The Morgan fingerprint density at radius 2 is 2.10 bits per heavy atom. The molecular formula is C16H15NOS2. The predicted octanol–water partition coefficient (Wildman–Crippen LogP) is 4.02. The fraction of sp³-hybridized carbons (Fsp3) is 0.125. The van der Waals surface area contributed by atoms with Crippen molar-refractivity contribution in [2.75, 3.05) is 6.54 Å². The third-order valence-corrected chi connectivity index (χ3v) is 4.12. The molecule has 0 bridgehead atoms. The van der Waals surface area contributed by atoms with Gasteiger partial charge in [0.1, 0.15) is 4.32 Å². The fourth-order valence-electron chi connectivity index (χ4n) is 1.85. The van der Waals surface area contributed by atoms with E-state index in [2.05, 4.69) is 6.58 Å². The molecule has 1 heterocycles. The van der Waals surface area contributed by atoms with E-state index in [4.69, 9.17) is 12.2 Å². The minimum atomic E-state index is -0.0410. The van der Waals surface area contributed by atoms with Crippen LogP contribution in [0.15, 0.2) is 59.5 Å². The van der Waals surface area contributed by atoms with Crippen molar-refractivity contribution in [2.45, 2.75) is 6.92 Å². The molecule has 20 heavy (non-hydrogen) atoms. The van der Waals surface area contributed by atoms with E-state index in [9.17, 15) is 4.79 Å². The summed E-state index contributed by atoms with van der Waals surface area (Å²) >= 11 is 6.54. The van der Waals surface area contributed by atoms with E-state index in [1.54, 1.807) is 11.0 Å². The van der Waals surface area contributed by atoms with E-state index >= 15 is 0 Å². The van der Waals surface area contributed by atoms with E-state index in [1.807, 2.05) is 49.4 Å². The second kappa shape index (κ2) is 6.68. The van der Waals surface area contributed by atoms with Gasteiger partial charge in [-0.3, -0.25) is 9.69 Å². The van der Waals surface area contributed by atoms with Crippen LogP contribution < -0.4 is 0 Å². The number of carbonyl (C=O) groups is 1. The molecule has 0 spiro atoms. The number of rotatable bonds is 4. The number of thiocarbonyl (C=S) groups is 1.